The zero-order valence-electron chi connectivity index (χ0n) is 19.1. The number of methoxy groups -OCH3 is 1. The summed E-state index contributed by atoms with van der Waals surface area (Å²) in [5.74, 6) is 1.58. The van der Waals surface area contributed by atoms with E-state index in [9.17, 15) is 9.59 Å². The number of carbonyl (C=O) groups excluding carboxylic acids is 1. The topological polar surface area (TPSA) is 63.6 Å². The summed E-state index contributed by atoms with van der Waals surface area (Å²) in [6, 6.07) is 19.8. The van der Waals surface area contributed by atoms with Crippen molar-refractivity contribution in [1.82, 2.24) is 9.47 Å². The van der Waals surface area contributed by atoms with Crippen LogP contribution in [0.4, 0.5) is 5.69 Å². The van der Waals surface area contributed by atoms with E-state index in [4.69, 9.17) is 4.74 Å². The number of benzene rings is 2. The third-order valence-electron chi connectivity index (χ3n) is 6.75. The van der Waals surface area contributed by atoms with Crippen molar-refractivity contribution in [2.24, 2.45) is 5.92 Å². The van der Waals surface area contributed by atoms with E-state index in [0.29, 0.717) is 11.8 Å². The summed E-state index contributed by atoms with van der Waals surface area (Å²) in [6.07, 6.45) is 1.11. The molecule has 2 aliphatic rings. The van der Waals surface area contributed by atoms with Gasteiger partial charge in [-0.2, -0.15) is 0 Å². The lowest BCUT2D eigenvalue weighted by atomic mass is 9.80. The molecule has 2 aromatic carbocycles. The Hall–Kier alpha value is -3.38. The first-order valence-corrected chi connectivity index (χ1v) is 11.5. The number of rotatable bonds is 5. The fraction of sp³-hybridized carbons (Fsp3) is 0.333. The van der Waals surface area contributed by atoms with Gasteiger partial charge in [0.1, 0.15) is 5.75 Å². The highest BCUT2D eigenvalue weighted by molar-refractivity contribution is 5.89. The number of fused-ring (bicyclic) bond motifs is 4. The number of hydrogen-bond donors (Lipinski definition) is 1. The average molecular weight is 444 g/mol. The van der Waals surface area contributed by atoms with Crippen LogP contribution in [-0.4, -0.2) is 35.6 Å². The molecule has 1 aromatic heterocycles. The predicted octanol–water partition coefficient (Wildman–Crippen LogP) is 4.10. The molecule has 0 radical (unpaired) electrons. The van der Waals surface area contributed by atoms with Gasteiger partial charge in [0, 0.05) is 62.0 Å². The second-order valence-electron chi connectivity index (χ2n) is 9.18. The number of anilines is 1. The van der Waals surface area contributed by atoms with Gasteiger partial charge in [-0.15, -0.1) is 0 Å². The lowest BCUT2D eigenvalue weighted by Crippen LogP contribution is -2.47. The number of nitrogens with one attached hydrogen (secondary N) is 1. The molecule has 2 aliphatic heterocycles. The van der Waals surface area contributed by atoms with Crippen molar-refractivity contribution in [1.29, 1.82) is 0 Å². The number of likely N-dealkylation sites (tertiary alicyclic amines) is 1. The molecule has 6 nitrogen and oxygen atoms in total. The quantitative estimate of drug-likeness (QED) is 0.645. The maximum Gasteiger partial charge on any atom is 0.250 e. The van der Waals surface area contributed by atoms with Gasteiger partial charge in [0.05, 0.1) is 7.11 Å². The number of aromatic nitrogens is 1. The maximum absolute atomic E-state index is 12.8. The molecule has 33 heavy (non-hydrogen) atoms. The van der Waals surface area contributed by atoms with E-state index >= 15 is 0 Å². The summed E-state index contributed by atoms with van der Waals surface area (Å²) >= 11 is 0. The van der Waals surface area contributed by atoms with Crippen molar-refractivity contribution in [2.75, 3.05) is 25.5 Å². The average Bonchev–Trinajstić information content (AvgIpc) is 2.80. The highest BCUT2D eigenvalue weighted by Crippen LogP contribution is 2.40. The van der Waals surface area contributed by atoms with E-state index in [1.807, 2.05) is 47.0 Å². The number of nitrogens with zero attached hydrogens (tertiary/aromatic N) is 2. The summed E-state index contributed by atoms with van der Waals surface area (Å²) < 4.78 is 7.29. The Kier molecular flexibility index (Phi) is 5.77. The molecule has 5 rings (SSSR count). The van der Waals surface area contributed by atoms with E-state index in [-0.39, 0.29) is 11.5 Å². The normalized spacial score (nSPS) is 19.6. The number of piperidine rings is 1. The number of hydrogen-bond acceptors (Lipinski definition) is 4. The van der Waals surface area contributed by atoms with Crippen molar-refractivity contribution >= 4 is 11.6 Å². The van der Waals surface area contributed by atoms with Crippen molar-refractivity contribution in [2.45, 2.75) is 32.4 Å². The minimum absolute atomic E-state index is 0.0851. The van der Waals surface area contributed by atoms with Crippen LogP contribution in [0.5, 0.6) is 5.75 Å². The van der Waals surface area contributed by atoms with Crippen LogP contribution in [0.3, 0.4) is 0 Å². The molecule has 2 unspecified atom stereocenters. The van der Waals surface area contributed by atoms with E-state index < -0.39 is 0 Å². The molecule has 1 saturated heterocycles. The predicted molar refractivity (Wildman–Crippen MR) is 130 cm³/mol. The van der Waals surface area contributed by atoms with Gasteiger partial charge in [-0.25, -0.2) is 0 Å². The fourth-order valence-electron chi connectivity index (χ4n) is 5.41. The maximum atomic E-state index is 12.8. The van der Waals surface area contributed by atoms with E-state index in [1.54, 1.807) is 13.2 Å². The molecule has 0 aliphatic carbocycles. The summed E-state index contributed by atoms with van der Waals surface area (Å²) in [5.41, 5.74) is 5.45. The zero-order valence-corrected chi connectivity index (χ0v) is 19.1. The van der Waals surface area contributed by atoms with Gasteiger partial charge in [0.15, 0.2) is 0 Å². The lowest BCUT2D eigenvalue weighted by molar-refractivity contribution is -0.114. The Bertz CT molecular complexity index is 1210. The molecular weight excluding hydrogens is 414 g/mol. The number of amides is 1. The summed E-state index contributed by atoms with van der Waals surface area (Å²) in [6.45, 7) is 5.11. The van der Waals surface area contributed by atoms with Crippen molar-refractivity contribution in [3.05, 3.63) is 82.3 Å². The Morgan fingerprint density at radius 3 is 2.45 bits per heavy atom. The van der Waals surface area contributed by atoms with Gasteiger partial charge in [0.25, 0.3) is 5.56 Å². The molecule has 0 saturated carbocycles. The molecule has 2 atom stereocenters. The van der Waals surface area contributed by atoms with Crippen LogP contribution in [0, 0.1) is 5.92 Å². The van der Waals surface area contributed by atoms with Crippen molar-refractivity contribution in [3.63, 3.8) is 0 Å². The number of pyridine rings is 1. The van der Waals surface area contributed by atoms with Crippen LogP contribution in [-0.2, 0) is 17.9 Å². The molecule has 3 aromatic rings. The largest absolute Gasteiger partial charge is 0.497 e. The first-order valence-electron chi connectivity index (χ1n) is 11.5. The van der Waals surface area contributed by atoms with Crippen LogP contribution in [0.25, 0.3) is 11.1 Å². The number of carbonyl (C=O) groups is 1. The third kappa shape index (κ3) is 4.44. The molecule has 6 heteroatoms. The molecule has 3 heterocycles. The monoisotopic (exact) mass is 443 g/mol. The van der Waals surface area contributed by atoms with E-state index in [0.717, 1.165) is 60.9 Å². The van der Waals surface area contributed by atoms with Gasteiger partial charge >= 0.3 is 0 Å². The Labute approximate surface area is 193 Å². The van der Waals surface area contributed by atoms with Gasteiger partial charge < -0.3 is 14.6 Å². The second-order valence-corrected chi connectivity index (χ2v) is 9.18. The highest BCUT2D eigenvalue weighted by atomic mass is 16.5. The van der Waals surface area contributed by atoms with Gasteiger partial charge in [0.2, 0.25) is 5.91 Å². The van der Waals surface area contributed by atoms with Crippen LogP contribution in [0.1, 0.15) is 30.5 Å². The van der Waals surface area contributed by atoms with Crippen molar-refractivity contribution in [3.8, 4) is 16.9 Å². The molecular formula is C27H29N3O3. The summed E-state index contributed by atoms with van der Waals surface area (Å²) in [5, 5.41) is 2.82. The zero-order chi connectivity index (χ0) is 22.9. The molecule has 0 spiro atoms. The summed E-state index contributed by atoms with van der Waals surface area (Å²) in [4.78, 5) is 26.6. The molecule has 1 fully saturated rings. The van der Waals surface area contributed by atoms with Crippen LogP contribution in [0.2, 0.25) is 0 Å². The van der Waals surface area contributed by atoms with Crippen molar-refractivity contribution < 1.29 is 9.53 Å². The second kappa shape index (κ2) is 8.87. The Morgan fingerprint density at radius 1 is 1.00 bits per heavy atom. The smallest absolute Gasteiger partial charge is 0.250 e. The van der Waals surface area contributed by atoms with E-state index in [1.165, 1.54) is 12.5 Å². The van der Waals surface area contributed by atoms with Gasteiger partial charge in [-0.05, 0) is 53.8 Å². The van der Waals surface area contributed by atoms with Crippen LogP contribution < -0.4 is 15.6 Å². The molecule has 2 bridgehead atoms. The first-order chi connectivity index (χ1) is 16.0. The lowest BCUT2D eigenvalue weighted by Gasteiger charge is -2.43. The SMILES string of the molecule is COc1ccc(CN2CC3CC(C2)c2c(-c4ccc(NC(C)=O)cc4)ccc(=O)n2C3)cc1. The van der Waals surface area contributed by atoms with Gasteiger partial charge in [-0.3, -0.25) is 14.5 Å². The third-order valence-corrected chi connectivity index (χ3v) is 6.75. The number of ether oxygens (including phenoxy) is 1. The highest BCUT2D eigenvalue weighted by Gasteiger charge is 2.36. The standard InChI is InChI=1S/C27H29N3O3/c1-18(31)28-23-7-5-21(6-8-23)25-11-12-26(32)30-16-20-13-22(27(25)30)17-29(15-20)14-19-3-9-24(33-2)10-4-19/h3-12,20,22H,13-17H2,1-2H3,(H,28,31). The minimum Gasteiger partial charge on any atom is -0.497 e. The van der Waals surface area contributed by atoms with Crippen LogP contribution in [0.15, 0.2) is 65.5 Å². The Balaban J connectivity index is 1.43. The fourth-order valence-corrected chi connectivity index (χ4v) is 5.41. The summed E-state index contributed by atoms with van der Waals surface area (Å²) in [7, 11) is 1.69. The molecule has 1 amide bonds. The first kappa shape index (κ1) is 21.5. The van der Waals surface area contributed by atoms with Crippen LogP contribution >= 0.6 is 0 Å². The van der Waals surface area contributed by atoms with E-state index in [2.05, 4.69) is 22.3 Å². The van der Waals surface area contributed by atoms with Gasteiger partial charge in [-0.1, -0.05) is 24.3 Å². The molecule has 1 N–H and O–H groups in total. The minimum atomic E-state index is -0.0865. The Morgan fingerprint density at radius 2 is 1.76 bits per heavy atom. The molecule has 170 valence electrons.